The van der Waals surface area contributed by atoms with Gasteiger partial charge in [-0.3, -0.25) is 4.79 Å². The van der Waals surface area contributed by atoms with Crippen LogP contribution in [0.2, 0.25) is 5.15 Å². The highest BCUT2D eigenvalue weighted by molar-refractivity contribution is 9.10. The maximum Gasteiger partial charge on any atom is 0.151 e. The second-order valence-electron chi connectivity index (χ2n) is 1.62. The van der Waals surface area contributed by atoms with Gasteiger partial charge >= 0.3 is 0 Å². The molecule has 0 aliphatic rings. The Hall–Kier alpha value is -0.410. The maximum atomic E-state index is 10.3. The molecule has 0 atom stereocenters. The number of nitrogens with zero attached hydrogens (tertiary/aromatic N) is 1. The fourth-order valence-corrected chi connectivity index (χ4v) is 1.02. The Labute approximate surface area is 71.3 Å². The molecule has 2 nitrogen and oxygen atoms in total. The van der Waals surface area contributed by atoms with Gasteiger partial charge in [-0.2, -0.15) is 0 Å². The van der Waals surface area contributed by atoms with Gasteiger partial charge in [0.05, 0.1) is 4.47 Å². The lowest BCUT2D eigenvalue weighted by molar-refractivity contribution is 0.112. The number of halogens is 2. The van der Waals surface area contributed by atoms with Crippen LogP contribution in [0.4, 0.5) is 0 Å². The minimum absolute atomic E-state index is 0.310. The third-order valence-electron chi connectivity index (χ3n) is 1.00. The van der Waals surface area contributed by atoms with Gasteiger partial charge in [-0.15, -0.1) is 0 Å². The van der Waals surface area contributed by atoms with E-state index in [0.29, 0.717) is 15.2 Å². The molecular weight excluding hydrogens is 217 g/mol. The number of aromatic nitrogens is 1. The average molecular weight is 220 g/mol. The molecule has 0 fully saturated rings. The van der Waals surface area contributed by atoms with Crippen LogP contribution in [0.25, 0.3) is 0 Å². The van der Waals surface area contributed by atoms with Crippen molar-refractivity contribution >= 4 is 33.8 Å². The zero-order valence-corrected chi connectivity index (χ0v) is 7.19. The largest absolute Gasteiger partial charge is 0.298 e. The smallest absolute Gasteiger partial charge is 0.151 e. The molecule has 0 aromatic carbocycles. The Morgan fingerprint density at radius 3 is 2.90 bits per heavy atom. The third kappa shape index (κ3) is 1.36. The minimum atomic E-state index is 0.310. The first-order valence-corrected chi connectivity index (χ1v) is 3.68. The highest BCUT2D eigenvalue weighted by Gasteiger charge is 2.01. The van der Waals surface area contributed by atoms with E-state index in [0.717, 1.165) is 6.29 Å². The fraction of sp³-hybridized carbons (Fsp3) is 0. The second kappa shape index (κ2) is 3.12. The van der Waals surface area contributed by atoms with Crippen LogP contribution in [0.3, 0.4) is 0 Å². The van der Waals surface area contributed by atoms with E-state index in [1.54, 1.807) is 6.07 Å². The summed E-state index contributed by atoms with van der Waals surface area (Å²) in [6, 6.07) is 1.59. The molecule has 0 N–H and O–H groups in total. The van der Waals surface area contributed by atoms with Crippen molar-refractivity contribution in [1.29, 1.82) is 0 Å². The summed E-state index contributed by atoms with van der Waals surface area (Å²) in [6.45, 7) is 0. The van der Waals surface area contributed by atoms with Crippen LogP contribution >= 0.6 is 27.5 Å². The summed E-state index contributed by atoms with van der Waals surface area (Å²) in [5, 5.41) is 0.310. The van der Waals surface area contributed by atoms with Crippen LogP contribution in [0.5, 0.6) is 0 Å². The Morgan fingerprint density at radius 2 is 2.40 bits per heavy atom. The van der Waals surface area contributed by atoms with E-state index < -0.39 is 0 Å². The Bertz CT molecular complexity index is 264. The zero-order valence-electron chi connectivity index (χ0n) is 4.84. The van der Waals surface area contributed by atoms with E-state index in [-0.39, 0.29) is 0 Å². The number of rotatable bonds is 1. The predicted molar refractivity (Wildman–Crippen MR) is 42.3 cm³/mol. The average Bonchev–Trinajstić information content (AvgIpc) is 1.95. The maximum absolute atomic E-state index is 10.3. The third-order valence-corrected chi connectivity index (χ3v) is 2.35. The van der Waals surface area contributed by atoms with Gasteiger partial charge in [-0.25, -0.2) is 4.98 Å². The number of aldehydes is 1. The fourth-order valence-electron chi connectivity index (χ4n) is 0.523. The molecule has 1 aromatic rings. The van der Waals surface area contributed by atoms with Crippen molar-refractivity contribution in [2.45, 2.75) is 0 Å². The topological polar surface area (TPSA) is 30.0 Å². The minimum Gasteiger partial charge on any atom is -0.298 e. The molecule has 0 saturated heterocycles. The predicted octanol–water partition coefficient (Wildman–Crippen LogP) is 2.31. The van der Waals surface area contributed by atoms with Gasteiger partial charge in [-0.05, 0) is 22.0 Å². The molecule has 52 valence electrons. The number of hydrogen-bond acceptors (Lipinski definition) is 2. The molecule has 10 heavy (non-hydrogen) atoms. The lowest BCUT2D eigenvalue weighted by Crippen LogP contribution is -1.84. The summed E-state index contributed by atoms with van der Waals surface area (Å²) in [5.41, 5.74) is 0.514. The monoisotopic (exact) mass is 219 g/mol. The number of carbonyl (C=O) groups excluding carboxylic acids is 1. The van der Waals surface area contributed by atoms with Crippen molar-refractivity contribution < 1.29 is 4.79 Å². The first-order valence-electron chi connectivity index (χ1n) is 2.51. The van der Waals surface area contributed by atoms with Crippen molar-refractivity contribution in [3.8, 4) is 0 Å². The number of pyridine rings is 1. The van der Waals surface area contributed by atoms with Gasteiger partial charge in [0.15, 0.2) is 6.29 Å². The molecule has 1 rings (SSSR count). The summed E-state index contributed by atoms with van der Waals surface area (Å²) in [6.07, 6.45) is 2.20. The highest BCUT2D eigenvalue weighted by Crippen LogP contribution is 2.21. The lowest BCUT2D eigenvalue weighted by Gasteiger charge is -1.94. The molecule has 1 heterocycles. The van der Waals surface area contributed by atoms with E-state index in [2.05, 4.69) is 20.9 Å². The van der Waals surface area contributed by atoms with Gasteiger partial charge in [0, 0.05) is 11.8 Å². The Kier molecular flexibility index (Phi) is 2.40. The molecule has 0 aliphatic heterocycles. The first-order chi connectivity index (χ1) is 4.75. The summed E-state index contributed by atoms with van der Waals surface area (Å²) in [4.78, 5) is 14.0. The molecule has 0 spiro atoms. The van der Waals surface area contributed by atoms with E-state index in [1.807, 2.05) is 0 Å². The summed E-state index contributed by atoms with van der Waals surface area (Å²) in [5.74, 6) is 0. The SMILES string of the molecule is O=Cc1ccnc(Cl)c1Br. The Balaban J connectivity index is 3.27. The van der Waals surface area contributed by atoms with Crippen LogP contribution in [-0.2, 0) is 0 Å². The van der Waals surface area contributed by atoms with Crippen LogP contribution in [0.15, 0.2) is 16.7 Å². The van der Waals surface area contributed by atoms with Crippen molar-refractivity contribution in [3.63, 3.8) is 0 Å². The van der Waals surface area contributed by atoms with Gasteiger partial charge in [0.1, 0.15) is 5.15 Å². The normalized spacial score (nSPS) is 9.40. The first kappa shape index (κ1) is 7.69. The molecule has 0 aliphatic carbocycles. The van der Waals surface area contributed by atoms with Crippen LogP contribution in [0, 0.1) is 0 Å². The number of hydrogen-bond donors (Lipinski definition) is 0. The highest BCUT2D eigenvalue weighted by atomic mass is 79.9. The summed E-state index contributed by atoms with van der Waals surface area (Å²) < 4.78 is 0.548. The van der Waals surface area contributed by atoms with Crippen molar-refractivity contribution in [1.82, 2.24) is 4.98 Å². The van der Waals surface area contributed by atoms with Crippen molar-refractivity contribution in [2.24, 2.45) is 0 Å². The second-order valence-corrected chi connectivity index (χ2v) is 2.77. The molecule has 0 unspecified atom stereocenters. The molecule has 4 heteroatoms. The Morgan fingerprint density at radius 1 is 1.70 bits per heavy atom. The molecule has 0 bridgehead atoms. The van der Waals surface area contributed by atoms with Gasteiger partial charge < -0.3 is 0 Å². The van der Waals surface area contributed by atoms with Crippen LogP contribution in [0.1, 0.15) is 10.4 Å². The van der Waals surface area contributed by atoms with Crippen LogP contribution < -0.4 is 0 Å². The van der Waals surface area contributed by atoms with Crippen LogP contribution in [-0.4, -0.2) is 11.3 Å². The molecule has 1 aromatic heterocycles. The standard InChI is InChI=1S/C6H3BrClNO/c7-5-4(3-10)1-2-9-6(5)8/h1-3H. The molecule has 0 saturated carbocycles. The molecule has 0 radical (unpaired) electrons. The van der Waals surface area contributed by atoms with E-state index >= 15 is 0 Å². The van der Waals surface area contributed by atoms with Gasteiger partial charge in [-0.1, -0.05) is 11.6 Å². The van der Waals surface area contributed by atoms with Crippen molar-refractivity contribution in [3.05, 3.63) is 27.5 Å². The summed E-state index contributed by atoms with van der Waals surface area (Å²) >= 11 is 8.69. The van der Waals surface area contributed by atoms with E-state index in [1.165, 1.54) is 6.20 Å². The summed E-state index contributed by atoms with van der Waals surface area (Å²) in [7, 11) is 0. The lowest BCUT2D eigenvalue weighted by atomic mass is 10.3. The molecule has 0 amide bonds. The van der Waals surface area contributed by atoms with Crippen molar-refractivity contribution in [2.75, 3.05) is 0 Å². The van der Waals surface area contributed by atoms with Gasteiger partial charge in [0.2, 0.25) is 0 Å². The zero-order chi connectivity index (χ0) is 7.56. The van der Waals surface area contributed by atoms with E-state index in [4.69, 9.17) is 11.6 Å². The van der Waals surface area contributed by atoms with Gasteiger partial charge in [0.25, 0.3) is 0 Å². The quantitative estimate of drug-likeness (QED) is 0.537. The van der Waals surface area contributed by atoms with E-state index in [9.17, 15) is 4.79 Å². The number of carbonyl (C=O) groups is 1. The molecular formula is C6H3BrClNO.